The first-order chi connectivity index (χ1) is 12.5. The van der Waals surface area contributed by atoms with Crippen LogP contribution in [0.3, 0.4) is 0 Å². The minimum absolute atomic E-state index is 0.0733. The van der Waals surface area contributed by atoms with Gasteiger partial charge in [-0.1, -0.05) is 5.21 Å². The molecule has 0 aromatic carbocycles. The molecule has 7 nitrogen and oxygen atoms in total. The molecule has 2 aromatic rings. The Kier molecular flexibility index (Phi) is 8.16. The van der Waals surface area contributed by atoms with Crippen LogP contribution in [0.2, 0.25) is 0 Å². The number of nitrogens with zero attached hydrogens (tertiary/aromatic N) is 4. The van der Waals surface area contributed by atoms with Crippen LogP contribution in [0.4, 0.5) is 5.69 Å². The molecule has 0 fully saturated rings. The van der Waals surface area contributed by atoms with Crippen molar-refractivity contribution in [2.45, 2.75) is 40.2 Å². The van der Waals surface area contributed by atoms with Gasteiger partial charge < -0.3 is 0 Å². The summed E-state index contributed by atoms with van der Waals surface area (Å²) in [6, 6.07) is 3.93. The first kappa shape index (κ1) is 20.5. The number of carbonyl (C=O) groups excluding carboxylic acids is 1. The van der Waals surface area contributed by atoms with E-state index in [0.29, 0.717) is 19.0 Å². The van der Waals surface area contributed by atoms with Crippen LogP contribution in [-0.2, 0) is 34.7 Å². The van der Waals surface area contributed by atoms with E-state index in [0.717, 1.165) is 29.9 Å². The summed E-state index contributed by atoms with van der Waals surface area (Å²) >= 11 is 2.61. The number of hydrogen-bond acceptors (Lipinski definition) is 5. The average molecular weight is 393 g/mol. The molecule has 0 bridgehead atoms. The molecule has 1 amide bonds. The average Bonchev–Trinajstić information content (AvgIpc) is 3.13. The zero-order chi connectivity index (χ0) is 18.9. The van der Waals surface area contributed by atoms with Gasteiger partial charge in [0.1, 0.15) is 0 Å². The van der Waals surface area contributed by atoms with Crippen molar-refractivity contribution in [1.82, 2.24) is 25.3 Å². The smallest absolute Gasteiger partial charge is 0.139 e. The summed E-state index contributed by atoms with van der Waals surface area (Å²) in [5.74, 6) is 0.349. The number of carbonyl (C=O) groups is 1. The second-order valence-corrected chi connectivity index (χ2v) is 7.12. The Morgan fingerprint density at radius 3 is 2.81 bits per heavy atom. The summed E-state index contributed by atoms with van der Waals surface area (Å²) in [7, 11) is 0. The number of pyridine rings is 1. The Bertz CT molecular complexity index is 729. The topological polar surface area (TPSA) is 84.7 Å². The van der Waals surface area contributed by atoms with Crippen molar-refractivity contribution in [3.8, 4) is 0 Å². The number of amides is 1. The van der Waals surface area contributed by atoms with E-state index in [1.807, 2.05) is 12.1 Å². The van der Waals surface area contributed by atoms with Gasteiger partial charge in [0.2, 0.25) is 0 Å². The van der Waals surface area contributed by atoms with Gasteiger partial charge in [-0.2, -0.15) is 0 Å². The molecule has 2 aromatic heterocycles. The van der Waals surface area contributed by atoms with Crippen LogP contribution in [0.5, 0.6) is 0 Å². The first-order valence-electron chi connectivity index (χ1n) is 8.92. The number of nitrogens with one attached hydrogen (secondary N) is 2. The molecular weight excluding hydrogens is 367 g/mol. The molecule has 2 N–H and O–H groups in total. The van der Waals surface area contributed by atoms with Crippen molar-refractivity contribution in [3.05, 3.63) is 35.9 Å². The molecule has 2 heterocycles. The van der Waals surface area contributed by atoms with E-state index in [2.05, 4.69) is 58.7 Å². The number of rotatable bonds is 10. The maximum absolute atomic E-state index is 12.2. The zero-order valence-corrected chi connectivity index (χ0v) is 17.0. The predicted octanol–water partition coefficient (Wildman–Crippen LogP) is 1.58. The van der Waals surface area contributed by atoms with Gasteiger partial charge in [-0.05, 0) is 0 Å². The quantitative estimate of drug-likeness (QED) is 0.599. The van der Waals surface area contributed by atoms with Gasteiger partial charge >= 0.3 is 141 Å². The number of anilines is 1. The van der Waals surface area contributed by atoms with Crippen molar-refractivity contribution < 1.29 is 21.8 Å². The number of aromatic nitrogens is 4. The number of hydrogen-bond donors (Lipinski definition) is 2. The van der Waals surface area contributed by atoms with Crippen molar-refractivity contribution in [2.24, 2.45) is 5.92 Å². The summed E-state index contributed by atoms with van der Waals surface area (Å²) in [6.45, 7) is 7.98. The molecule has 139 valence electrons. The minimum Gasteiger partial charge on any atom is -0.139 e. The molecule has 0 radical (unpaired) electrons. The minimum atomic E-state index is -0.0733. The molecule has 0 spiro atoms. The van der Waals surface area contributed by atoms with Gasteiger partial charge in [0.15, 0.2) is 0 Å². The van der Waals surface area contributed by atoms with Crippen LogP contribution in [0.1, 0.15) is 38.6 Å². The third-order valence-electron chi connectivity index (χ3n) is 3.82. The van der Waals surface area contributed by atoms with Gasteiger partial charge in [-0.25, -0.2) is 0 Å². The molecule has 8 heteroatoms. The summed E-state index contributed by atoms with van der Waals surface area (Å²) in [6.07, 6.45) is 5.24. The van der Waals surface area contributed by atoms with E-state index >= 15 is 0 Å². The van der Waals surface area contributed by atoms with Gasteiger partial charge in [0.25, 0.3) is 0 Å². The Morgan fingerprint density at radius 2 is 2.15 bits per heavy atom. The molecule has 0 aliphatic heterocycles. The first-order valence-corrected chi connectivity index (χ1v) is 9.61. The van der Waals surface area contributed by atoms with Gasteiger partial charge in [0.05, 0.1) is 6.20 Å². The summed E-state index contributed by atoms with van der Waals surface area (Å²) < 4.78 is 2.92. The zero-order valence-electron chi connectivity index (χ0n) is 15.6. The molecule has 0 aliphatic carbocycles. The predicted molar refractivity (Wildman–Crippen MR) is 98.7 cm³/mol. The molecular formula is C18H26N6OV. The molecule has 2 rings (SSSR count). The monoisotopic (exact) mass is 393 g/mol. The van der Waals surface area contributed by atoms with Crippen LogP contribution in [0.25, 0.3) is 0 Å². The summed E-state index contributed by atoms with van der Waals surface area (Å²) in [5, 5.41) is 13.7. The fourth-order valence-corrected chi connectivity index (χ4v) is 2.62. The van der Waals surface area contributed by atoms with E-state index in [1.165, 1.54) is 4.23 Å². The second-order valence-electron chi connectivity index (χ2n) is 6.37. The van der Waals surface area contributed by atoms with E-state index < -0.39 is 0 Å². The Hall–Kier alpha value is -1.83. The van der Waals surface area contributed by atoms with E-state index in [4.69, 9.17) is 4.98 Å². The Morgan fingerprint density at radius 1 is 1.35 bits per heavy atom. The Labute approximate surface area is 163 Å². The molecule has 26 heavy (non-hydrogen) atoms. The van der Waals surface area contributed by atoms with Crippen LogP contribution >= 0.6 is 0 Å². The molecule has 0 saturated carbocycles. The molecule has 0 aliphatic rings. The van der Waals surface area contributed by atoms with Crippen LogP contribution in [0, 0.1) is 5.92 Å². The molecule has 0 unspecified atom stereocenters. The fraction of sp³-hybridized carbons (Fsp3) is 0.500. The maximum atomic E-state index is 12.2. The Balaban J connectivity index is 1.91. The van der Waals surface area contributed by atoms with Crippen molar-refractivity contribution in [1.29, 1.82) is 0 Å². The van der Waals surface area contributed by atoms with Crippen molar-refractivity contribution in [3.63, 3.8) is 0 Å². The van der Waals surface area contributed by atoms with Crippen LogP contribution in [-0.4, -0.2) is 43.2 Å². The third kappa shape index (κ3) is 6.16. The standard InChI is InChI=1S/C18H26N6O.V/c1-4-5-16-17(7-6-15(21-16)12-14(2)3)22-18(25)13-19-8-10-24-11-9-20-23-24;/h6-7,9,11,14,19H,4-5,8,10,13H2,1-3H3,(H,22,25);. The van der Waals surface area contributed by atoms with Crippen molar-refractivity contribution in [2.75, 3.05) is 18.4 Å². The SMILES string of the molecule is CCCc1nc([C](=[V])C(C)C)ccc1NC(=O)CNCCn1ccnn1. The molecule has 0 saturated heterocycles. The van der Waals surface area contributed by atoms with E-state index in [-0.39, 0.29) is 12.5 Å². The van der Waals surface area contributed by atoms with Gasteiger partial charge in [0, 0.05) is 6.20 Å². The number of aryl methyl sites for hydroxylation is 1. The van der Waals surface area contributed by atoms with E-state index in [9.17, 15) is 4.79 Å². The summed E-state index contributed by atoms with van der Waals surface area (Å²) in [4.78, 5) is 17.0. The van der Waals surface area contributed by atoms with Gasteiger partial charge in [-0.3, -0.25) is 0 Å². The van der Waals surface area contributed by atoms with Crippen LogP contribution < -0.4 is 10.6 Å². The van der Waals surface area contributed by atoms with Crippen molar-refractivity contribution >= 4 is 15.8 Å². The van der Waals surface area contributed by atoms with E-state index in [1.54, 1.807) is 17.1 Å². The fourth-order valence-electron chi connectivity index (χ4n) is 2.42. The second kappa shape index (κ2) is 10.4. The summed E-state index contributed by atoms with van der Waals surface area (Å²) in [5.41, 5.74) is 2.71. The van der Waals surface area contributed by atoms with Gasteiger partial charge in [-0.15, -0.1) is 5.10 Å². The van der Waals surface area contributed by atoms with Crippen LogP contribution in [0.15, 0.2) is 24.5 Å². The molecule has 0 atom stereocenters. The normalized spacial score (nSPS) is 10.9. The third-order valence-corrected chi connectivity index (χ3v) is 4.98.